The molecule has 3 aliphatic rings. The van der Waals surface area contributed by atoms with Gasteiger partial charge in [0.25, 0.3) is 0 Å². The maximum atomic E-state index is 14.5. The van der Waals surface area contributed by atoms with Crippen LogP contribution in [0.3, 0.4) is 0 Å². The molecule has 2 aliphatic heterocycles. The molecule has 1 N–H and O–H groups in total. The molecular weight excluding hydrogens is 596 g/mol. The Bertz CT molecular complexity index is 1380. The average Bonchev–Trinajstić information content (AvgIpc) is 3.56. The predicted octanol–water partition coefficient (Wildman–Crippen LogP) is 5.57. The first-order valence-electron chi connectivity index (χ1n) is 13.7. The van der Waals surface area contributed by atoms with Gasteiger partial charge in [-0.1, -0.05) is 36.2 Å². The number of benzene rings is 1. The lowest BCUT2D eigenvalue weighted by atomic mass is 9.72. The summed E-state index contributed by atoms with van der Waals surface area (Å²) >= 11 is 12.5. The average molecular weight is 627 g/mol. The van der Waals surface area contributed by atoms with Crippen LogP contribution in [0.5, 0.6) is 5.75 Å². The number of ketones is 1. The second-order valence-electron chi connectivity index (χ2n) is 11.6. The summed E-state index contributed by atoms with van der Waals surface area (Å²) in [6, 6.07) is 6.77. The number of hydrogen-bond donors (Lipinski definition) is 1. The summed E-state index contributed by atoms with van der Waals surface area (Å²) in [5, 5.41) is 3.88. The second-order valence-corrected chi connectivity index (χ2v) is 12.4. The summed E-state index contributed by atoms with van der Waals surface area (Å²) in [6.45, 7) is 3.30. The molecule has 226 valence electrons. The number of carbonyl (C=O) groups is 3. The molecule has 3 fully saturated rings. The van der Waals surface area contributed by atoms with Crippen molar-refractivity contribution in [2.24, 2.45) is 11.3 Å². The number of nitrogens with zero attached hydrogens (tertiary/aromatic N) is 3. The highest BCUT2D eigenvalue weighted by atomic mass is 35.5. The number of aromatic nitrogens is 1. The van der Waals surface area contributed by atoms with Crippen molar-refractivity contribution in [2.45, 2.75) is 50.2 Å². The zero-order valence-electron chi connectivity index (χ0n) is 23.1. The molecule has 0 spiro atoms. The van der Waals surface area contributed by atoms with Gasteiger partial charge in [0.05, 0.1) is 16.2 Å². The van der Waals surface area contributed by atoms with Crippen molar-refractivity contribution in [2.75, 3.05) is 33.2 Å². The molecule has 1 saturated carbocycles. The van der Waals surface area contributed by atoms with Crippen LogP contribution in [0.2, 0.25) is 10.0 Å². The third-order valence-electron chi connectivity index (χ3n) is 8.87. The van der Waals surface area contributed by atoms with E-state index in [0.717, 1.165) is 31.2 Å². The maximum Gasteiger partial charge on any atom is 0.433 e. The Morgan fingerprint density at radius 1 is 1.10 bits per heavy atom. The van der Waals surface area contributed by atoms with Crippen molar-refractivity contribution in [1.29, 1.82) is 0 Å². The number of alkyl halides is 3. The van der Waals surface area contributed by atoms with Gasteiger partial charge in [-0.15, -0.1) is 0 Å². The summed E-state index contributed by atoms with van der Waals surface area (Å²) in [6.07, 6.45) is -2.12. The Hall–Kier alpha value is -2.89. The fraction of sp³-hybridized carbons (Fsp3) is 0.517. The van der Waals surface area contributed by atoms with Crippen molar-refractivity contribution in [3.05, 3.63) is 57.8 Å². The number of pyridine rings is 1. The molecule has 0 unspecified atom stereocenters. The maximum absolute atomic E-state index is 14.5. The number of ether oxygens (including phenoxy) is 1. The first-order chi connectivity index (χ1) is 19.8. The predicted molar refractivity (Wildman–Crippen MR) is 149 cm³/mol. The van der Waals surface area contributed by atoms with Gasteiger partial charge in [-0.05, 0) is 55.5 Å². The molecule has 2 aromatic rings. The van der Waals surface area contributed by atoms with E-state index in [1.165, 1.54) is 11.9 Å². The van der Waals surface area contributed by atoms with E-state index in [4.69, 9.17) is 27.9 Å². The highest BCUT2D eigenvalue weighted by molar-refractivity contribution is 6.42. The zero-order valence-corrected chi connectivity index (χ0v) is 24.7. The van der Waals surface area contributed by atoms with E-state index in [-0.39, 0.29) is 29.4 Å². The van der Waals surface area contributed by atoms with Crippen LogP contribution in [-0.2, 0) is 15.8 Å². The Kier molecular flexibility index (Phi) is 8.23. The molecule has 5 rings (SSSR count). The zero-order chi connectivity index (χ0) is 30.4. The Morgan fingerprint density at radius 2 is 1.79 bits per heavy atom. The number of likely N-dealkylation sites (tertiary alicyclic amines) is 1. The first-order valence-corrected chi connectivity index (χ1v) is 14.5. The van der Waals surface area contributed by atoms with Crippen LogP contribution in [0.15, 0.2) is 36.5 Å². The summed E-state index contributed by atoms with van der Waals surface area (Å²) in [7, 11) is 1.45. The molecule has 2 amide bonds. The minimum absolute atomic E-state index is 0.116. The minimum Gasteiger partial charge on any atom is -0.409 e. The van der Waals surface area contributed by atoms with Gasteiger partial charge in [0.1, 0.15) is 11.2 Å². The summed E-state index contributed by atoms with van der Waals surface area (Å²) < 4.78 is 44.3. The second kappa shape index (κ2) is 11.3. The number of rotatable bonds is 6. The van der Waals surface area contributed by atoms with Crippen LogP contribution in [0.4, 0.5) is 18.0 Å². The van der Waals surface area contributed by atoms with Crippen LogP contribution < -0.4 is 10.1 Å². The van der Waals surface area contributed by atoms with Crippen LogP contribution in [-0.4, -0.2) is 71.3 Å². The number of amides is 2. The summed E-state index contributed by atoms with van der Waals surface area (Å²) in [4.78, 5) is 47.3. The molecule has 0 bridgehead atoms. The van der Waals surface area contributed by atoms with Crippen molar-refractivity contribution < 1.29 is 32.3 Å². The Balaban J connectivity index is 1.42. The lowest BCUT2D eigenvalue weighted by Gasteiger charge is -2.44. The van der Waals surface area contributed by atoms with Crippen LogP contribution >= 0.6 is 23.2 Å². The highest BCUT2D eigenvalue weighted by Crippen LogP contribution is 2.47. The SMILES string of the molecule is CN(C(=O)Oc1ccc(C(F)(F)F)nc1)[C@@]1(C(=O)C2CCN(C(=O)C3(C)CC3)CC2)CNC[C@@H]1c1ccc(Cl)c(Cl)c1. The minimum atomic E-state index is -4.64. The monoisotopic (exact) mass is 626 g/mol. The molecule has 1 aromatic heterocycles. The van der Waals surface area contributed by atoms with Crippen molar-refractivity contribution in [3.63, 3.8) is 0 Å². The number of halogens is 5. The Morgan fingerprint density at radius 3 is 2.36 bits per heavy atom. The van der Waals surface area contributed by atoms with Gasteiger partial charge in [-0.25, -0.2) is 9.78 Å². The van der Waals surface area contributed by atoms with Gasteiger partial charge in [0.15, 0.2) is 11.5 Å². The van der Waals surface area contributed by atoms with Crippen molar-refractivity contribution in [1.82, 2.24) is 20.1 Å². The number of hydrogen-bond acceptors (Lipinski definition) is 6. The summed E-state index contributed by atoms with van der Waals surface area (Å²) in [5.74, 6) is -1.23. The molecule has 13 heteroatoms. The van der Waals surface area contributed by atoms with E-state index in [1.807, 2.05) is 11.8 Å². The lowest BCUT2D eigenvalue weighted by Crippen LogP contribution is -2.62. The topological polar surface area (TPSA) is 91.8 Å². The number of piperidine rings is 1. The van der Waals surface area contributed by atoms with Gasteiger partial charge < -0.3 is 15.0 Å². The largest absolute Gasteiger partial charge is 0.433 e. The third-order valence-corrected chi connectivity index (χ3v) is 9.60. The highest BCUT2D eigenvalue weighted by Gasteiger charge is 2.57. The molecule has 2 saturated heterocycles. The Labute approximate surface area is 251 Å². The van der Waals surface area contributed by atoms with E-state index >= 15 is 0 Å². The van der Waals surface area contributed by atoms with Crippen LogP contribution in [0, 0.1) is 11.3 Å². The fourth-order valence-corrected chi connectivity index (χ4v) is 6.33. The number of likely N-dealkylation sites (N-methyl/N-ethyl adjacent to an activating group) is 1. The quantitative estimate of drug-likeness (QED) is 0.451. The van der Waals surface area contributed by atoms with Crippen molar-refractivity contribution in [3.8, 4) is 5.75 Å². The van der Waals surface area contributed by atoms with Gasteiger partial charge >= 0.3 is 12.3 Å². The lowest BCUT2D eigenvalue weighted by molar-refractivity contribution is -0.142. The van der Waals surface area contributed by atoms with Gasteiger partial charge in [0, 0.05) is 50.5 Å². The smallest absolute Gasteiger partial charge is 0.409 e. The van der Waals surface area contributed by atoms with E-state index in [9.17, 15) is 27.6 Å². The van der Waals surface area contributed by atoms with Gasteiger partial charge in [0.2, 0.25) is 5.91 Å². The van der Waals surface area contributed by atoms with Gasteiger partial charge in [-0.3, -0.25) is 14.5 Å². The number of carbonyl (C=O) groups excluding carboxylic acids is 3. The van der Waals surface area contributed by atoms with E-state index in [1.54, 1.807) is 18.2 Å². The molecule has 8 nitrogen and oxygen atoms in total. The molecular formula is C29H31Cl2F3N4O4. The molecule has 42 heavy (non-hydrogen) atoms. The third kappa shape index (κ3) is 5.70. The van der Waals surface area contributed by atoms with E-state index in [0.29, 0.717) is 48.1 Å². The molecule has 1 aromatic carbocycles. The van der Waals surface area contributed by atoms with Crippen molar-refractivity contribution >= 4 is 41.0 Å². The fourth-order valence-electron chi connectivity index (χ4n) is 6.02. The van der Waals surface area contributed by atoms with Gasteiger partial charge in [-0.2, -0.15) is 13.2 Å². The number of nitrogens with one attached hydrogen (secondary N) is 1. The van der Waals surface area contributed by atoms with E-state index in [2.05, 4.69) is 10.3 Å². The molecule has 0 radical (unpaired) electrons. The molecule has 1 aliphatic carbocycles. The molecule has 3 heterocycles. The first kappa shape index (κ1) is 30.6. The normalized spacial score (nSPS) is 23.9. The van der Waals surface area contributed by atoms with E-state index < -0.39 is 35.3 Å². The number of Topliss-reactive ketones (excluding diaryl/α,β-unsaturated/α-hetero) is 1. The molecule has 2 atom stereocenters. The van der Waals surface area contributed by atoms with Crippen LogP contribution in [0.25, 0.3) is 0 Å². The van der Waals surface area contributed by atoms with Crippen LogP contribution in [0.1, 0.15) is 49.8 Å². The standard InChI is InChI=1S/C29H31Cl2F3N4O4/c1-27(9-10-27)25(40)38-11-7-17(8-12-38)24(39)28(16-35-15-20(28)18-3-5-21(30)22(31)13-18)37(2)26(41)42-19-4-6-23(36-14-19)29(32,33)34/h3-6,13-14,17,20,35H,7-12,15-16H2,1-2H3/t20-,28+/m1/s1. The summed E-state index contributed by atoms with van der Waals surface area (Å²) in [5.41, 5.74) is -2.15.